The molecular formula is C14H20N2OS. The fourth-order valence-electron chi connectivity index (χ4n) is 2.82. The van der Waals surface area contributed by atoms with Gasteiger partial charge >= 0.3 is 0 Å². The molecule has 1 aromatic rings. The summed E-state index contributed by atoms with van der Waals surface area (Å²) in [5, 5.41) is 5.28. The van der Waals surface area contributed by atoms with Crippen LogP contribution in [0, 0.1) is 5.92 Å². The van der Waals surface area contributed by atoms with Gasteiger partial charge in [-0.3, -0.25) is 4.79 Å². The zero-order valence-electron chi connectivity index (χ0n) is 10.8. The molecule has 0 aromatic carbocycles. The number of amides is 1. The summed E-state index contributed by atoms with van der Waals surface area (Å²) in [7, 11) is 1.98. The minimum atomic E-state index is 0.269. The topological polar surface area (TPSA) is 32.3 Å². The van der Waals surface area contributed by atoms with E-state index in [9.17, 15) is 4.79 Å². The molecule has 3 nitrogen and oxygen atoms in total. The van der Waals surface area contributed by atoms with Crippen molar-refractivity contribution in [2.75, 3.05) is 26.7 Å². The third-order valence-electron chi connectivity index (χ3n) is 3.97. The minimum absolute atomic E-state index is 0.269. The molecular weight excluding hydrogens is 244 g/mol. The van der Waals surface area contributed by atoms with Crippen molar-refractivity contribution in [3.05, 3.63) is 21.9 Å². The summed E-state index contributed by atoms with van der Waals surface area (Å²) >= 11 is 1.62. The number of thiophene rings is 1. The van der Waals surface area contributed by atoms with Gasteiger partial charge in [-0.25, -0.2) is 0 Å². The molecule has 98 valence electrons. The lowest BCUT2D eigenvalue weighted by Gasteiger charge is -2.16. The van der Waals surface area contributed by atoms with Gasteiger partial charge in [-0.05, 0) is 61.7 Å². The summed E-state index contributed by atoms with van der Waals surface area (Å²) in [6, 6.07) is 2.15. The molecule has 1 atom stereocenters. The van der Waals surface area contributed by atoms with Crippen LogP contribution >= 0.6 is 11.3 Å². The predicted molar refractivity (Wildman–Crippen MR) is 74.2 cm³/mol. The molecule has 2 aliphatic rings. The zero-order chi connectivity index (χ0) is 12.5. The molecule has 0 unspecified atom stereocenters. The van der Waals surface area contributed by atoms with Crippen molar-refractivity contribution in [2.45, 2.75) is 25.2 Å². The van der Waals surface area contributed by atoms with Gasteiger partial charge in [-0.2, -0.15) is 0 Å². The fraction of sp³-hybridized carbons (Fsp3) is 0.643. The molecule has 1 amide bonds. The average molecular weight is 264 g/mol. The van der Waals surface area contributed by atoms with E-state index in [0.29, 0.717) is 11.8 Å². The second kappa shape index (κ2) is 5.02. The smallest absolute Gasteiger partial charge is 0.264 e. The Kier molecular flexibility index (Phi) is 3.39. The van der Waals surface area contributed by atoms with E-state index in [1.165, 1.54) is 18.4 Å². The highest BCUT2D eigenvalue weighted by Crippen LogP contribution is 2.43. The van der Waals surface area contributed by atoms with Crippen LogP contribution in [0.25, 0.3) is 0 Å². The first-order valence-electron chi connectivity index (χ1n) is 6.81. The molecule has 2 fully saturated rings. The molecule has 18 heavy (non-hydrogen) atoms. The molecule has 3 rings (SSSR count). The largest absolute Gasteiger partial charge is 0.338 e. The summed E-state index contributed by atoms with van der Waals surface area (Å²) in [6.07, 6.45) is 3.66. The van der Waals surface area contributed by atoms with Crippen molar-refractivity contribution < 1.29 is 4.79 Å². The Hall–Kier alpha value is -0.870. The van der Waals surface area contributed by atoms with Crippen LogP contribution in [0.1, 0.15) is 40.4 Å². The van der Waals surface area contributed by atoms with Crippen molar-refractivity contribution in [1.29, 1.82) is 0 Å². The number of nitrogens with zero attached hydrogens (tertiary/aromatic N) is 1. The predicted octanol–water partition coefficient (Wildman–Crippen LogP) is 2.31. The van der Waals surface area contributed by atoms with E-state index in [0.717, 1.165) is 30.9 Å². The van der Waals surface area contributed by atoms with Crippen LogP contribution in [0.4, 0.5) is 0 Å². The van der Waals surface area contributed by atoms with Gasteiger partial charge < -0.3 is 10.2 Å². The van der Waals surface area contributed by atoms with Crippen LogP contribution in [0.15, 0.2) is 11.4 Å². The Morgan fingerprint density at radius 1 is 1.50 bits per heavy atom. The second-order valence-electron chi connectivity index (χ2n) is 5.44. The van der Waals surface area contributed by atoms with Crippen LogP contribution in [0.3, 0.4) is 0 Å². The summed E-state index contributed by atoms with van der Waals surface area (Å²) < 4.78 is 0. The van der Waals surface area contributed by atoms with Gasteiger partial charge in [0.05, 0.1) is 4.88 Å². The number of carbonyl (C=O) groups excluding carboxylic acids is 1. The van der Waals surface area contributed by atoms with Crippen molar-refractivity contribution in [2.24, 2.45) is 5.92 Å². The number of rotatable bonds is 4. The summed E-state index contributed by atoms with van der Waals surface area (Å²) in [6.45, 7) is 2.86. The lowest BCUT2D eigenvalue weighted by Crippen LogP contribution is -2.30. The Morgan fingerprint density at radius 3 is 3.06 bits per heavy atom. The molecule has 1 aliphatic carbocycles. The molecule has 2 heterocycles. The van der Waals surface area contributed by atoms with E-state index < -0.39 is 0 Å². The molecule has 1 saturated heterocycles. The first kappa shape index (κ1) is 12.2. The first-order chi connectivity index (χ1) is 8.79. The number of carbonyl (C=O) groups is 1. The quantitative estimate of drug-likeness (QED) is 0.905. The van der Waals surface area contributed by atoms with Gasteiger partial charge in [0.2, 0.25) is 0 Å². The Bertz CT molecular complexity index is 439. The Balaban J connectivity index is 1.69. The SMILES string of the molecule is CNC[C@H]1CCN(C(=O)c2sccc2C2CC2)C1. The van der Waals surface area contributed by atoms with Gasteiger partial charge in [-0.15, -0.1) is 11.3 Å². The molecule has 0 radical (unpaired) electrons. The minimum Gasteiger partial charge on any atom is -0.338 e. The number of likely N-dealkylation sites (tertiary alicyclic amines) is 1. The molecule has 1 saturated carbocycles. The van der Waals surface area contributed by atoms with Crippen molar-refractivity contribution >= 4 is 17.2 Å². The maximum Gasteiger partial charge on any atom is 0.264 e. The maximum absolute atomic E-state index is 12.5. The summed E-state index contributed by atoms with van der Waals surface area (Å²) in [5.41, 5.74) is 1.31. The van der Waals surface area contributed by atoms with E-state index in [4.69, 9.17) is 0 Å². The average Bonchev–Trinajstić information content (AvgIpc) is 2.93. The van der Waals surface area contributed by atoms with Crippen LogP contribution in [0.2, 0.25) is 0 Å². The molecule has 1 aliphatic heterocycles. The van der Waals surface area contributed by atoms with E-state index in [1.54, 1.807) is 11.3 Å². The lowest BCUT2D eigenvalue weighted by atomic mass is 10.1. The molecule has 0 spiro atoms. The van der Waals surface area contributed by atoms with E-state index in [1.807, 2.05) is 11.9 Å². The van der Waals surface area contributed by atoms with Crippen molar-refractivity contribution in [1.82, 2.24) is 10.2 Å². The summed E-state index contributed by atoms with van der Waals surface area (Å²) in [4.78, 5) is 15.6. The maximum atomic E-state index is 12.5. The normalized spacial score (nSPS) is 23.6. The van der Waals surface area contributed by atoms with Crippen LogP contribution in [-0.2, 0) is 0 Å². The van der Waals surface area contributed by atoms with Crippen LogP contribution < -0.4 is 5.32 Å². The van der Waals surface area contributed by atoms with Gasteiger partial charge in [0, 0.05) is 13.1 Å². The van der Waals surface area contributed by atoms with Crippen LogP contribution in [-0.4, -0.2) is 37.5 Å². The molecule has 1 N–H and O–H groups in total. The zero-order valence-corrected chi connectivity index (χ0v) is 11.6. The second-order valence-corrected chi connectivity index (χ2v) is 6.36. The molecule has 1 aromatic heterocycles. The summed E-state index contributed by atoms with van der Waals surface area (Å²) in [5.74, 6) is 1.57. The van der Waals surface area contributed by atoms with Crippen molar-refractivity contribution in [3.63, 3.8) is 0 Å². The van der Waals surface area contributed by atoms with Crippen molar-refractivity contribution in [3.8, 4) is 0 Å². The highest BCUT2D eigenvalue weighted by atomic mass is 32.1. The lowest BCUT2D eigenvalue weighted by molar-refractivity contribution is 0.0791. The van der Waals surface area contributed by atoms with Gasteiger partial charge in [0.15, 0.2) is 0 Å². The molecule has 4 heteroatoms. The first-order valence-corrected chi connectivity index (χ1v) is 7.69. The standard InChI is InChI=1S/C14H20N2OS/c1-15-8-10-4-6-16(9-10)14(17)13-12(5-7-18-13)11-2-3-11/h5,7,10-11,15H,2-4,6,8-9H2,1H3/t10-/m1/s1. The highest BCUT2D eigenvalue weighted by molar-refractivity contribution is 7.12. The highest BCUT2D eigenvalue weighted by Gasteiger charge is 2.32. The van der Waals surface area contributed by atoms with Crippen LogP contribution in [0.5, 0.6) is 0 Å². The number of nitrogens with one attached hydrogen (secondary N) is 1. The van der Waals surface area contributed by atoms with Gasteiger partial charge in [0.25, 0.3) is 5.91 Å². The molecule has 0 bridgehead atoms. The van der Waals surface area contributed by atoms with Gasteiger partial charge in [-0.1, -0.05) is 0 Å². The number of hydrogen-bond donors (Lipinski definition) is 1. The van der Waals surface area contributed by atoms with E-state index in [2.05, 4.69) is 16.8 Å². The fourth-order valence-corrected chi connectivity index (χ4v) is 3.78. The Morgan fingerprint density at radius 2 is 2.33 bits per heavy atom. The van der Waals surface area contributed by atoms with E-state index in [-0.39, 0.29) is 5.91 Å². The Labute approximate surface area is 112 Å². The third-order valence-corrected chi connectivity index (χ3v) is 4.89. The third kappa shape index (κ3) is 2.31. The number of hydrogen-bond acceptors (Lipinski definition) is 3. The van der Waals surface area contributed by atoms with E-state index >= 15 is 0 Å². The monoisotopic (exact) mass is 264 g/mol. The van der Waals surface area contributed by atoms with Gasteiger partial charge in [0.1, 0.15) is 0 Å².